The minimum Gasteiger partial charge on any atom is -0.483 e. The van der Waals surface area contributed by atoms with E-state index >= 15 is 0 Å². The van der Waals surface area contributed by atoms with E-state index in [1.165, 1.54) is 5.57 Å². The molecule has 5 heteroatoms. The maximum absolute atomic E-state index is 8.96. The highest BCUT2D eigenvalue weighted by Gasteiger charge is 2.27. The monoisotopic (exact) mass is 241 g/mol. The average molecular weight is 241 g/mol. The third-order valence-corrected chi connectivity index (χ3v) is 2.71. The van der Waals surface area contributed by atoms with E-state index in [9.17, 15) is 0 Å². The molecule has 96 valence electrons. The molecule has 2 N–H and O–H groups in total. The molecule has 0 radical (unpaired) electrons. The van der Waals surface area contributed by atoms with Gasteiger partial charge in [-0.15, -0.1) is 0 Å². The Kier molecular flexibility index (Phi) is 5.72. The number of allylic oxidation sites excluding steroid dienone is 2. The smallest absolute Gasteiger partial charge is 0.290 e. The van der Waals surface area contributed by atoms with Crippen LogP contribution in [0, 0.1) is 0 Å². The SMILES string of the molecule is CC1=CN(C2CCC(CO)O2)C=CC1.O=CO. The van der Waals surface area contributed by atoms with Crippen molar-refractivity contribution in [2.24, 2.45) is 0 Å². The Balaban J connectivity index is 0.000000437. The first-order valence-electron chi connectivity index (χ1n) is 5.66. The minimum absolute atomic E-state index is 0.0315. The molecule has 5 nitrogen and oxygen atoms in total. The normalized spacial score (nSPS) is 27.2. The summed E-state index contributed by atoms with van der Waals surface area (Å²) in [6.07, 6.45) is 9.49. The number of hydrogen-bond donors (Lipinski definition) is 2. The number of nitrogens with zero attached hydrogens (tertiary/aromatic N) is 1. The fourth-order valence-electron chi connectivity index (χ4n) is 1.93. The van der Waals surface area contributed by atoms with Crippen molar-refractivity contribution in [3.63, 3.8) is 0 Å². The van der Waals surface area contributed by atoms with Crippen LogP contribution in [0.3, 0.4) is 0 Å². The lowest BCUT2D eigenvalue weighted by atomic mass is 10.2. The standard InChI is InChI=1S/C11H17NO2.CH2O2/c1-9-3-2-6-12(7-9)11-5-4-10(8-13)14-11;2-1-3/h2,6-7,10-11,13H,3-5,8H2,1H3;1H,(H,2,3). The summed E-state index contributed by atoms with van der Waals surface area (Å²) in [5.74, 6) is 0. The number of carboxylic acid groups (broad SMARTS) is 1. The molecule has 2 aliphatic rings. The number of hydrogen-bond acceptors (Lipinski definition) is 4. The van der Waals surface area contributed by atoms with Gasteiger partial charge in [0.2, 0.25) is 0 Å². The molecule has 0 aromatic rings. The Bertz CT molecular complexity index is 301. The van der Waals surface area contributed by atoms with Crippen LogP contribution in [-0.4, -0.2) is 40.5 Å². The van der Waals surface area contributed by atoms with Crippen LogP contribution < -0.4 is 0 Å². The molecular formula is C12H19NO4. The van der Waals surface area contributed by atoms with Crippen LogP contribution in [0.25, 0.3) is 0 Å². The van der Waals surface area contributed by atoms with Crippen LogP contribution in [0.4, 0.5) is 0 Å². The molecule has 0 amide bonds. The van der Waals surface area contributed by atoms with E-state index in [-0.39, 0.29) is 25.4 Å². The third kappa shape index (κ3) is 4.20. The van der Waals surface area contributed by atoms with E-state index in [2.05, 4.69) is 30.3 Å². The summed E-state index contributed by atoms with van der Waals surface area (Å²) in [6, 6.07) is 0. The van der Waals surface area contributed by atoms with Crippen molar-refractivity contribution in [1.29, 1.82) is 0 Å². The van der Waals surface area contributed by atoms with Gasteiger partial charge < -0.3 is 19.8 Å². The van der Waals surface area contributed by atoms with Crippen molar-refractivity contribution in [3.05, 3.63) is 24.0 Å². The number of aliphatic hydroxyl groups is 1. The summed E-state index contributed by atoms with van der Waals surface area (Å²) < 4.78 is 5.68. The van der Waals surface area contributed by atoms with Gasteiger partial charge in [-0.1, -0.05) is 11.6 Å². The van der Waals surface area contributed by atoms with Gasteiger partial charge in [0.15, 0.2) is 0 Å². The van der Waals surface area contributed by atoms with Crippen molar-refractivity contribution in [1.82, 2.24) is 4.90 Å². The largest absolute Gasteiger partial charge is 0.483 e. The second kappa shape index (κ2) is 7.09. The van der Waals surface area contributed by atoms with Crippen molar-refractivity contribution in [2.75, 3.05) is 6.61 Å². The topological polar surface area (TPSA) is 70.0 Å². The number of carbonyl (C=O) groups is 1. The average Bonchev–Trinajstić information content (AvgIpc) is 2.78. The van der Waals surface area contributed by atoms with Crippen molar-refractivity contribution in [3.8, 4) is 0 Å². The Morgan fingerprint density at radius 3 is 2.82 bits per heavy atom. The van der Waals surface area contributed by atoms with Crippen molar-refractivity contribution >= 4 is 6.47 Å². The quantitative estimate of drug-likeness (QED) is 0.713. The molecule has 0 spiro atoms. The third-order valence-electron chi connectivity index (χ3n) is 2.71. The molecule has 0 bridgehead atoms. The van der Waals surface area contributed by atoms with Crippen LogP contribution in [0.5, 0.6) is 0 Å². The highest BCUT2D eigenvalue weighted by molar-refractivity contribution is 5.32. The van der Waals surface area contributed by atoms with Gasteiger partial charge in [-0.3, -0.25) is 4.79 Å². The van der Waals surface area contributed by atoms with E-state index in [1.54, 1.807) is 0 Å². The molecule has 0 saturated carbocycles. The molecule has 1 fully saturated rings. The van der Waals surface area contributed by atoms with Crippen molar-refractivity contribution in [2.45, 2.75) is 38.5 Å². The Morgan fingerprint density at radius 1 is 1.59 bits per heavy atom. The Morgan fingerprint density at radius 2 is 2.29 bits per heavy atom. The summed E-state index contributed by atoms with van der Waals surface area (Å²) in [4.78, 5) is 10.5. The van der Waals surface area contributed by atoms with E-state index in [0.717, 1.165) is 19.3 Å². The number of rotatable bonds is 2. The molecule has 2 rings (SSSR count). The summed E-state index contributed by atoms with van der Waals surface area (Å²) in [7, 11) is 0. The predicted octanol–water partition coefficient (Wildman–Crippen LogP) is 1.31. The molecule has 2 heterocycles. The molecule has 0 aromatic carbocycles. The number of ether oxygens (including phenoxy) is 1. The molecule has 17 heavy (non-hydrogen) atoms. The lowest BCUT2D eigenvalue weighted by molar-refractivity contribution is -0.122. The molecule has 2 aliphatic heterocycles. The molecule has 2 unspecified atom stereocenters. The van der Waals surface area contributed by atoms with Gasteiger partial charge in [0.1, 0.15) is 6.23 Å². The zero-order valence-electron chi connectivity index (χ0n) is 9.95. The van der Waals surface area contributed by atoms with Gasteiger partial charge >= 0.3 is 0 Å². The summed E-state index contributed by atoms with van der Waals surface area (Å²) in [5, 5.41) is 15.8. The first-order chi connectivity index (χ1) is 8.21. The van der Waals surface area contributed by atoms with Gasteiger partial charge in [-0.2, -0.15) is 0 Å². The van der Waals surface area contributed by atoms with Gasteiger partial charge in [0, 0.05) is 12.4 Å². The van der Waals surface area contributed by atoms with E-state index < -0.39 is 0 Å². The van der Waals surface area contributed by atoms with Crippen LogP contribution in [0.1, 0.15) is 26.2 Å². The van der Waals surface area contributed by atoms with Crippen LogP contribution >= 0.6 is 0 Å². The van der Waals surface area contributed by atoms with E-state index in [0.29, 0.717) is 0 Å². The zero-order valence-corrected chi connectivity index (χ0v) is 9.95. The molecule has 0 aromatic heterocycles. The highest BCUT2D eigenvalue weighted by atomic mass is 16.5. The highest BCUT2D eigenvalue weighted by Crippen LogP contribution is 2.25. The van der Waals surface area contributed by atoms with Gasteiger partial charge in [0.05, 0.1) is 12.7 Å². The van der Waals surface area contributed by atoms with Gasteiger partial charge in [-0.25, -0.2) is 0 Å². The summed E-state index contributed by atoms with van der Waals surface area (Å²) in [5.41, 5.74) is 1.35. The molecule has 2 atom stereocenters. The lowest BCUT2D eigenvalue weighted by Gasteiger charge is -2.26. The minimum atomic E-state index is -0.250. The van der Waals surface area contributed by atoms with Crippen molar-refractivity contribution < 1.29 is 19.7 Å². The second-order valence-electron chi connectivity index (χ2n) is 4.09. The maximum Gasteiger partial charge on any atom is 0.290 e. The van der Waals surface area contributed by atoms with Crippen LogP contribution in [0.2, 0.25) is 0 Å². The fourth-order valence-corrected chi connectivity index (χ4v) is 1.93. The lowest BCUT2D eigenvalue weighted by Crippen LogP contribution is -2.28. The first kappa shape index (κ1) is 13.7. The summed E-state index contributed by atoms with van der Waals surface area (Å²) >= 11 is 0. The molecule has 0 aliphatic carbocycles. The van der Waals surface area contributed by atoms with E-state index in [1.807, 2.05) is 0 Å². The predicted molar refractivity (Wildman–Crippen MR) is 63.0 cm³/mol. The Hall–Kier alpha value is -1.33. The second-order valence-corrected chi connectivity index (χ2v) is 4.09. The summed E-state index contributed by atoms with van der Waals surface area (Å²) in [6.45, 7) is 2.01. The zero-order chi connectivity index (χ0) is 12.7. The molecule has 1 saturated heterocycles. The number of aliphatic hydroxyl groups excluding tert-OH is 1. The first-order valence-corrected chi connectivity index (χ1v) is 5.66. The van der Waals surface area contributed by atoms with Gasteiger partial charge in [-0.05, 0) is 26.2 Å². The van der Waals surface area contributed by atoms with Crippen LogP contribution in [-0.2, 0) is 9.53 Å². The van der Waals surface area contributed by atoms with Crippen LogP contribution in [0.15, 0.2) is 24.0 Å². The Labute approximate surface area is 101 Å². The fraction of sp³-hybridized carbons (Fsp3) is 0.583. The van der Waals surface area contributed by atoms with Gasteiger partial charge in [0.25, 0.3) is 6.47 Å². The molecular weight excluding hydrogens is 222 g/mol. The maximum atomic E-state index is 8.96. The van der Waals surface area contributed by atoms with E-state index in [4.69, 9.17) is 19.7 Å².